The van der Waals surface area contributed by atoms with Crippen molar-refractivity contribution in [2.24, 2.45) is 0 Å². The van der Waals surface area contributed by atoms with E-state index in [2.05, 4.69) is 13.2 Å². The van der Waals surface area contributed by atoms with Gasteiger partial charge in [0.25, 0.3) is 0 Å². The highest BCUT2D eigenvalue weighted by Gasteiger charge is 2.10. The molecule has 0 saturated heterocycles. The van der Waals surface area contributed by atoms with Crippen LogP contribution < -0.4 is 14.2 Å². The molecule has 0 fully saturated rings. The predicted octanol–water partition coefficient (Wildman–Crippen LogP) is 4.42. The van der Waals surface area contributed by atoms with E-state index in [-0.39, 0.29) is 11.1 Å². The van der Waals surface area contributed by atoms with E-state index in [0.717, 1.165) is 25.7 Å². The number of hydrogen-bond donors (Lipinski definition) is 1. The number of unbranched alkanes of at least 4 members (excludes halogenated alkanes) is 3. The zero-order valence-corrected chi connectivity index (χ0v) is 19.8. The minimum atomic E-state index is -0.567. The molecular formula is C27H30O8. The van der Waals surface area contributed by atoms with E-state index in [1.165, 1.54) is 24.3 Å². The molecule has 0 aliphatic carbocycles. The van der Waals surface area contributed by atoms with Gasteiger partial charge < -0.3 is 24.1 Å². The molecular weight excluding hydrogens is 452 g/mol. The molecule has 0 atom stereocenters. The number of benzene rings is 2. The number of hydrogen-bond acceptors (Lipinski definition) is 8. The lowest BCUT2D eigenvalue weighted by atomic mass is 10.2. The van der Waals surface area contributed by atoms with E-state index < -0.39 is 24.5 Å². The van der Waals surface area contributed by atoms with Crippen molar-refractivity contribution >= 4 is 17.9 Å². The van der Waals surface area contributed by atoms with Crippen molar-refractivity contribution < 1.29 is 38.4 Å². The first-order chi connectivity index (χ1) is 16.8. The van der Waals surface area contributed by atoms with E-state index in [0.29, 0.717) is 36.0 Å². The summed E-state index contributed by atoms with van der Waals surface area (Å²) in [6.07, 6.45) is 3.35. The lowest BCUT2D eigenvalue weighted by molar-refractivity contribution is -0.139. The Morgan fingerprint density at radius 1 is 0.743 bits per heavy atom. The number of aliphatic hydroxyl groups excluding tert-OH is 1. The van der Waals surface area contributed by atoms with Crippen LogP contribution in [0.25, 0.3) is 0 Å². The van der Waals surface area contributed by atoms with Crippen LogP contribution in [-0.4, -0.2) is 42.8 Å². The Kier molecular flexibility index (Phi) is 11.2. The van der Waals surface area contributed by atoms with Gasteiger partial charge in [-0.3, -0.25) is 0 Å². The highest BCUT2D eigenvalue weighted by molar-refractivity contribution is 5.91. The highest BCUT2D eigenvalue weighted by atomic mass is 16.5. The molecule has 0 bridgehead atoms. The average molecular weight is 483 g/mol. The molecule has 0 saturated carbocycles. The average Bonchev–Trinajstić information content (AvgIpc) is 2.86. The van der Waals surface area contributed by atoms with Crippen LogP contribution in [-0.2, 0) is 14.3 Å². The van der Waals surface area contributed by atoms with Crippen molar-refractivity contribution in [2.75, 3.05) is 19.8 Å². The third kappa shape index (κ3) is 9.85. The summed E-state index contributed by atoms with van der Waals surface area (Å²) < 4.78 is 21.1. The Labute approximate surface area is 204 Å². The zero-order valence-electron chi connectivity index (χ0n) is 19.8. The Hall–Kier alpha value is -3.91. The van der Waals surface area contributed by atoms with Crippen LogP contribution in [0.3, 0.4) is 0 Å². The molecule has 35 heavy (non-hydrogen) atoms. The SMILES string of the molecule is C=C(C)C(=O)Oc1ccc(OC(=O)c2ccc(OCCCCCCOC(=O)C(=C)CO)cc2)cc1. The minimum absolute atomic E-state index is 0.0511. The molecule has 0 spiro atoms. The molecule has 2 aromatic carbocycles. The van der Waals surface area contributed by atoms with E-state index in [4.69, 9.17) is 24.1 Å². The lowest BCUT2D eigenvalue weighted by Gasteiger charge is -2.09. The number of rotatable bonds is 14. The van der Waals surface area contributed by atoms with Gasteiger partial charge in [0.05, 0.1) is 31.0 Å². The standard InChI is InChI=1S/C27H30O8/c1-19(2)25(29)34-23-12-14-24(15-13-23)35-27(31)21-8-10-22(11-9-21)32-16-6-4-5-7-17-33-26(30)20(3)18-28/h8-15,28H,1,3-7,16-18H2,2H3. The van der Waals surface area contributed by atoms with Crippen LogP contribution in [0.2, 0.25) is 0 Å². The van der Waals surface area contributed by atoms with E-state index in [9.17, 15) is 14.4 Å². The van der Waals surface area contributed by atoms with Crippen LogP contribution >= 0.6 is 0 Å². The van der Waals surface area contributed by atoms with Gasteiger partial charge in [0, 0.05) is 5.57 Å². The monoisotopic (exact) mass is 482 g/mol. The molecule has 8 heteroatoms. The van der Waals surface area contributed by atoms with Gasteiger partial charge in [-0.1, -0.05) is 13.2 Å². The van der Waals surface area contributed by atoms with E-state index in [1.807, 2.05) is 0 Å². The third-order valence-corrected chi connectivity index (χ3v) is 4.70. The van der Waals surface area contributed by atoms with Crippen molar-refractivity contribution in [1.29, 1.82) is 0 Å². The summed E-state index contributed by atoms with van der Waals surface area (Å²) in [5, 5.41) is 8.79. The van der Waals surface area contributed by atoms with E-state index >= 15 is 0 Å². The van der Waals surface area contributed by atoms with Gasteiger partial charge >= 0.3 is 17.9 Å². The second-order valence-electron chi connectivity index (χ2n) is 7.72. The maximum atomic E-state index is 12.4. The van der Waals surface area contributed by atoms with Gasteiger partial charge in [-0.25, -0.2) is 14.4 Å². The number of carbonyl (C=O) groups excluding carboxylic acids is 3. The topological polar surface area (TPSA) is 108 Å². The van der Waals surface area contributed by atoms with Crippen molar-refractivity contribution in [2.45, 2.75) is 32.6 Å². The Balaban J connectivity index is 1.66. The zero-order chi connectivity index (χ0) is 25.6. The summed E-state index contributed by atoms with van der Waals surface area (Å²) in [4.78, 5) is 35.2. The quantitative estimate of drug-likeness (QED) is 0.182. The number of esters is 3. The number of ether oxygens (including phenoxy) is 4. The maximum Gasteiger partial charge on any atom is 0.343 e. The first-order valence-corrected chi connectivity index (χ1v) is 11.2. The summed E-state index contributed by atoms with van der Waals surface area (Å²) in [7, 11) is 0. The highest BCUT2D eigenvalue weighted by Crippen LogP contribution is 2.20. The second kappa shape index (κ2) is 14.4. The van der Waals surface area contributed by atoms with Gasteiger partial charge in [-0.05, 0) is 81.1 Å². The van der Waals surface area contributed by atoms with Gasteiger partial charge in [-0.2, -0.15) is 0 Å². The third-order valence-electron chi connectivity index (χ3n) is 4.70. The molecule has 0 unspecified atom stereocenters. The smallest absolute Gasteiger partial charge is 0.343 e. The molecule has 2 rings (SSSR count). The second-order valence-corrected chi connectivity index (χ2v) is 7.72. The number of aliphatic hydroxyl groups is 1. The normalized spacial score (nSPS) is 10.2. The van der Waals surface area contributed by atoms with Gasteiger partial charge in [0.2, 0.25) is 0 Å². The maximum absolute atomic E-state index is 12.4. The van der Waals surface area contributed by atoms with Gasteiger partial charge in [-0.15, -0.1) is 0 Å². The van der Waals surface area contributed by atoms with Crippen LogP contribution in [0.15, 0.2) is 72.8 Å². The molecule has 0 aliphatic heterocycles. The van der Waals surface area contributed by atoms with Crippen molar-refractivity contribution in [3.05, 3.63) is 78.4 Å². The van der Waals surface area contributed by atoms with Crippen molar-refractivity contribution in [3.63, 3.8) is 0 Å². The Bertz CT molecular complexity index is 1020. The molecule has 0 amide bonds. The fourth-order valence-corrected chi connectivity index (χ4v) is 2.70. The largest absolute Gasteiger partial charge is 0.494 e. The first kappa shape index (κ1) is 27.3. The van der Waals surface area contributed by atoms with Crippen LogP contribution in [0.5, 0.6) is 17.2 Å². The van der Waals surface area contributed by atoms with Crippen LogP contribution in [0.1, 0.15) is 43.0 Å². The molecule has 0 radical (unpaired) electrons. The van der Waals surface area contributed by atoms with E-state index in [1.54, 1.807) is 31.2 Å². The lowest BCUT2D eigenvalue weighted by Crippen LogP contribution is -2.10. The predicted molar refractivity (Wildman–Crippen MR) is 129 cm³/mol. The first-order valence-electron chi connectivity index (χ1n) is 11.2. The van der Waals surface area contributed by atoms with Crippen molar-refractivity contribution in [3.8, 4) is 17.2 Å². The van der Waals surface area contributed by atoms with Crippen molar-refractivity contribution in [1.82, 2.24) is 0 Å². The number of carbonyl (C=O) groups is 3. The Morgan fingerprint density at radius 3 is 1.86 bits per heavy atom. The molecule has 0 aromatic heterocycles. The van der Waals surface area contributed by atoms with Gasteiger partial charge in [0.1, 0.15) is 17.2 Å². The summed E-state index contributed by atoms with van der Waals surface area (Å²) in [5.41, 5.74) is 0.707. The summed E-state index contributed by atoms with van der Waals surface area (Å²) >= 11 is 0. The summed E-state index contributed by atoms with van der Waals surface area (Å²) in [6, 6.07) is 12.8. The van der Waals surface area contributed by atoms with Gasteiger partial charge in [0.15, 0.2) is 0 Å². The molecule has 0 aliphatic rings. The van der Waals surface area contributed by atoms with Crippen LogP contribution in [0, 0.1) is 0 Å². The molecule has 0 heterocycles. The van der Waals surface area contributed by atoms with Crippen LogP contribution in [0.4, 0.5) is 0 Å². The summed E-state index contributed by atoms with van der Waals surface area (Å²) in [5.74, 6) is -0.331. The Morgan fingerprint density at radius 2 is 1.29 bits per heavy atom. The fraction of sp³-hybridized carbons (Fsp3) is 0.296. The fourth-order valence-electron chi connectivity index (χ4n) is 2.70. The minimum Gasteiger partial charge on any atom is -0.494 e. The molecule has 1 N–H and O–H groups in total. The molecule has 2 aromatic rings. The molecule has 186 valence electrons. The molecule has 8 nitrogen and oxygen atoms in total. The summed E-state index contributed by atoms with van der Waals surface area (Å²) in [6.45, 7) is 8.90.